The van der Waals surface area contributed by atoms with E-state index in [1.54, 1.807) is 4.68 Å². The maximum Gasteiger partial charge on any atom is 0.359 e. The summed E-state index contributed by atoms with van der Waals surface area (Å²) in [7, 11) is 0. The van der Waals surface area contributed by atoms with Crippen LogP contribution < -0.4 is 0 Å². The van der Waals surface area contributed by atoms with Crippen LogP contribution in [0.4, 0.5) is 0 Å². The standard InChI is InChI=1S/C14H16BrN3O2/c1-3-9-20-14(19)12-13(15)16-17-18(12)10(2)11-7-5-4-6-8-11/h4-8,10H,3,9H2,1-2H3/t10-/m1/s1. The minimum absolute atomic E-state index is 0.0980. The second-order valence-electron chi connectivity index (χ2n) is 4.40. The van der Waals surface area contributed by atoms with Gasteiger partial charge in [-0.25, -0.2) is 9.48 Å². The highest BCUT2D eigenvalue weighted by molar-refractivity contribution is 9.10. The SMILES string of the molecule is CCCOC(=O)c1c(Br)nnn1[C@H](C)c1ccccc1. The van der Waals surface area contributed by atoms with Crippen LogP contribution in [0, 0.1) is 0 Å². The molecule has 0 saturated heterocycles. The van der Waals surface area contributed by atoms with Crippen molar-refractivity contribution >= 4 is 21.9 Å². The molecule has 0 saturated carbocycles. The molecule has 0 bridgehead atoms. The smallest absolute Gasteiger partial charge is 0.359 e. The number of rotatable bonds is 5. The molecule has 2 rings (SSSR count). The van der Waals surface area contributed by atoms with E-state index in [1.807, 2.05) is 44.2 Å². The third-order valence-electron chi connectivity index (χ3n) is 2.93. The maximum absolute atomic E-state index is 12.1. The molecule has 0 spiro atoms. The number of esters is 1. The molecule has 1 heterocycles. The van der Waals surface area contributed by atoms with E-state index in [1.165, 1.54) is 0 Å². The van der Waals surface area contributed by atoms with Gasteiger partial charge in [-0.2, -0.15) is 0 Å². The molecule has 0 aliphatic heterocycles. The summed E-state index contributed by atoms with van der Waals surface area (Å²) in [6, 6.07) is 9.73. The predicted molar refractivity (Wildman–Crippen MR) is 78.6 cm³/mol. The van der Waals surface area contributed by atoms with Crippen LogP contribution in [-0.2, 0) is 4.74 Å². The number of carbonyl (C=O) groups is 1. The molecule has 0 N–H and O–H groups in total. The zero-order valence-corrected chi connectivity index (χ0v) is 13.0. The van der Waals surface area contributed by atoms with E-state index in [-0.39, 0.29) is 6.04 Å². The Morgan fingerprint density at radius 1 is 1.40 bits per heavy atom. The Kier molecular flexibility index (Phi) is 4.89. The van der Waals surface area contributed by atoms with Crippen molar-refractivity contribution in [1.29, 1.82) is 0 Å². The Labute approximate surface area is 126 Å². The Hall–Kier alpha value is -1.69. The molecule has 0 unspecified atom stereocenters. The highest BCUT2D eigenvalue weighted by Crippen LogP contribution is 2.23. The van der Waals surface area contributed by atoms with Gasteiger partial charge >= 0.3 is 5.97 Å². The maximum atomic E-state index is 12.1. The first-order valence-corrected chi connectivity index (χ1v) is 7.27. The van der Waals surface area contributed by atoms with E-state index < -0.39 is 5.97 Å². The van der Waals surface area contributed by atoms with Crippen molar-refractivity contribution in [2.45, 2.75) is 26.3 Å². The van der Waals surface area contributed by atoms with Gasteiger partial charge in [0.15, 0.2) is 10.3 Å². The molecule has 2 aromatic rings. The topological polar surface area (TPSA) is 57.0 Å². The van der Waals surface area contributed by atoms with Crippen LogP contribution in [0.25, 0.3) is 0 Å². The van der Waals surface area contributed by atoms with E-state index in [0.717, 1.165) is 12.0 Å². The lowest BCUT2D eigenvalue weighted by molar-refractivity contribution is 0.0488. The quantitative estimate of drug-likeness (QED) is 0.786. The summed E-state index contributed by atoms with van der Waals surface area (Å²) in [5, 5.41) is 7.96. The fraction of sp³-hybridized carbons (Fsp3) is 0.357. The van der Waals surface area contributed by atoms with E-state index in [4.69, 9.17) is 4.74 Å². The normalized spacial score (nSPS) is 12.2. The summed E-state index contributed by atoms with van der Waals surface area (Å²) in [6.45, 7) is 4.30. The molecule has 1 aromatic carbocycles. The second-order valence-corrected chi connectivity index (χ2v) is 5.15. The van der Waals surface area contributed by atoms with Crippen molar-refractivity contribution in [3.8, 4) is 0 Å². The zero-order valence-electron chi connectivity index (χ0n) is 11.4. The minimum Gasteiger partial charge on any atom is -0.461 e. The Morgan fingerprint density at radius 3 is 2.75 bits per heavy atom. The van der Waals surface area contributed by atoms with Crippen molar-refractivity contribution in [3.63, 3.8) is 0 Å². The van der Waals surface area contributed by atoms with E-state index >= 15 is 0 Å². The average molecular weight is 338 g/mol. The molecular formula is C14H16BrN3O2. The van der Waals surface area contributed by atoms with Gasteiger partial charge in [0.05, 0.1) is 12.6 Å². The number of benzene rings is 1. The van der Waals surface area contributed by atoms with E-state index in [9.17, 15) is 4.79 Å². The Bertz CT molecular complexity index is 583. The van der Waals surface area contributed by atoms with Crippen LogP contribution in [0.2, 0.25) is 0 Å². The van der Waals surface area contributed by atoms with Crippen molar-refractivity contribution in [2.75, 3.05) is 6.61 Å². The summed E-state index contributed by atoms with van der Waals surface area (Å²) < 4.78 is 7.16. The first kappa shape index (κ1) is 14.7. The number of ether oxygens (including phenoxy) is 1. The van der Waals surface area contributed by atoms with Crippen molar-refractivity contribution in [2.24, 2.45) is 0 Å². The Balaban J connectivity index is 2.31. The number of nitrogens with zero attached hydrogens (tertiary/aromatic N) is 3. The second kappa shape index (κ2) is 6.65. The molecule has 1 atom stereocenters. The largest absolute Gasteiger partial charge is 0.461 e. The molecule has 0 aliphatic carbocycles. The summed E-state index contributed by atoms with van der Waals surface area (Å²) in [5.41, 5.74) is 1.39. The first-order valence-electron chi connectivity index (χ1n) is 6.48. The molecule has 5 nitrogen and oxygen atoms in total. The van der Waals surface area contributed by atoms with Gasteiger partial charge in [0.25, 0.3) is 0 Å². The van der Waals surface area contributed by atoms with Crippen LogP contribution in [0.1, 0.15) is 42.4 Å². The van der Waals surface area contributed by atoms with Gasteiger partial charge in [-0.05, 0) is 34.8 Å². The van der Waals surface area contributed by atoms with E-state index in [0.29, 0.717) is 16.9 Å². The van der Waals surface area contributed by atoms with Gasteiger partial charge in [0.1, 0.15) is 0 Å². The molecule has 6 heteroatoms. The molecule has 1 aromatic heterocycles. The predicted octanol–water partition coefficient (Wildman–Crippen LogP) is 3.22. The van der Waals surface area contributed by atoms with Gasteiger partial charge in [0.2, 0.25) is 0 Å². The fourth-order valence-electron chi connectivity index (χ4n) is 1.86. The summed E-state index contributed by atoms with van der Waals surface area (Å²) >= 11 is 3.26. The highest BCUT2D eigenvalue weighted by atomic mass is 79.9. The molecule has 20 heavy (non-hydrogen) atoms. The summed E-state index contributed by atoms with van der Waals surface area (Å²) in [5.74, 6) is -0.411. The third-order valence-corrected chi connectivity index (χ3v) is 3.47. The molecule has 0 aliphatic rings. The summed E-state index contributed by atoms with van der Waals surface area (Å²) in [4.78, 5) is 12.1. The number of hydrogen-bond donors (Lipinski definition) is 0. The number of aromatic nitrogens is 3. The number of hydrogen-bond acceptors (Lipinski definition) is 4. The molecule has 0 fully saturated rings. The molecular weight excluding hydrogens is 322 g/mol. The molecule has 0 radical (unpaired) electrons. The minimum atomic E-state index is -0.411. The monoisotopic (exact) mass is 337 g/mol. The fourth-order valence-corrected chi connectivity index (χ4v) is 2.27. The molecule has 106 valence electrons. The summed E-state index contributed by atoms with van der Waals surface area (Å²) in [6.07, 6.45) is 0.777. The zero-order chi connectivity index (χ0) is 14.5. The van der Waals surface area contributed by atoms with Gasteiger partial charge in [-0.3, -0.25) is 0 Å². The van der Waals surface area contributed by atoms with Gasteiger partial charge in [0, 0.05) is 0 Å². The van der Waals surface area contributed by atoms with Crippen molar-refractivity contribution in [1.82, 2.24) is 15.0 Å². The van der Waals surface area contributed by atoms with E-state index in [2.05, 4.69) is 26.2 Å². The lowest BCUT2D eigenvalue weighted by atomic mass is 10.1. The van der Waals surface area contributed by atoms with Gasteiger partial charge in [-0.1, -0.05) is 42.5 Å². The first-order chi connectivity index (χ1) is 9.65. The van der Waals surface area contributed by atoms with Crippen molar-refractivity contribution in [3.05, 3.63) is 46.2 Å². The lowest BCUT2D eigenvalue weighted by Crippen LogP contribution is -2.18. The van der Waals surface area contributed by atoms with Crippen LogP contribution in [0.15, 0.2) is 34.9 Å². The Morgan fingerprint density at radius 2 is 2.10 bits per heavy atom. The van der Waals surface area contributed by atoms with Crippen LogP contribution in [0.3, 0.4) is 0 Å². The van der Waals surface area contributed by atoms with Crippen LogP contribution in [0.5, 0.6) is 0 Å². The van der Waals surface area contributed by atoms with Gasteiger partial charge < -0.3 is 4.74 Å². The lowest BCUT2D eigenvalue weighted by Gasteiger charge is -2.14. The van der Waals surface area contributed by atoms with Gasteiger partial charge in [-0.15, -0.1) is 5.10 Å². The average Bonchev–Trinajstić information content (AvgIpc) is 2.86. The molecule has 0 amide bonds. The highest BCUT2D eigenvalue weighted by Gasteiger charge is 2.24. The van der Waals surface area contributed by atoms with Crippen LogP contribution >= 0.6 is 15.9 Å². The van der Waals surface area contributed by atoms with Crippen molar-refractivity contribution < 1.29 is 9.53 Å². The third kappa shape index (κ3) is 3.07. The number of carbonyl (C=O) groups excluding carboxylic acids is 1. The number of halogens is 1. The van der Waals surface area contributed by atoms with Crippen LogP contribution in [-0.4, -0.2) is 27.6 Å².